The monoisotopic (exact) mass is 257 g/mol. The van der Waals surface area contributed by atoms with Gasteiger partial charge in [-0.3, -0.25) is 9.59 Å². The van der Waals surface area contributed by atoms with Crippen molar-refractivity contribution in [3.8, 4) is 0 Å². The van der Waals surface area contributed by atoms with E-state index in [1.165, 1.54) is 0 Å². The lowest BCUT2D eigenvalue weighted by Crippen LogP contribution is -2.39. The zero-order chi connectivity index (χ0) is 13.9. The molecule has 0 radical (unpaired) electrons. The van der Waals surface area contributed by atoms with Crippen LogP contribution in [0.5, 0.6) is 0 Å². The van der Waals surface area contributed by atoms with Gasteiger partial charge in [0.05, 0.1) is 18.1 Å². The van der Waals surface area contributed by atoms with Crippen LogP contribution in [0.2, 0.25) is 0 Å². The third-order valence-corrected chi connectivity index (χ3v) is 3.79. The van der Waals surface area contributed by atoms with E-state index in [4.69, 9.17) is 9.84 Å². The predicted molar refractivity (Wildman–Crippen MR) is 67.2 cm³/mol. The molecule has 5 nitrogen and oxygen atoms in total. The van der Waals surface area contributed by atoms with Gasteiger partial charge in [-0.2, -0.15) is 0 Å². The number of carbonyl (C=O) groups is 2. The number of rotatable bonds is 5. The summed E-state index contributed by atoms with van der Waals surface area (Å²) in [5.41, 5.74) is 0. The van der Waals surface area contributed by atoms with Crippen LogP contribution < -0.4 is 0 Å². The first-order valence-corrected chi connectivity index (χ1v) is 6.46. The highest BCUT2D eigenvalue weighted by atomic mass is 16.5. The molecule has 4 unspecified atom stereocenters. The van der Waals surface area contributed by atoms with Crippen molar-refractivity contribution in [3.05, 3.63) is 0 Å². The number of aliphatic carboxylic acids is 1. The van der Waals surface area contributed by atoms with Crippen LogP contribution >= 0.6 is 0 Å². The Kier molecular flexibility index (Phi) is 5.14. The molecule has 1 aliphatic rings. The Balaban J connectivity index is 2.50. The maximum Gasteiger partial charge on any atom is 0.303 e. The Bertz CT molecular complexity index is 318. The number of carbonyl (C=O) groups excluding carboxylic acids is 1. The maximum absolute atomic E-state index is 12.3. The Morgan fingerprint density at radius 2 is 1.83 bits per heavy atom. The zero-order valence-electron chi connectivity index (χ0n) is 11.5. The van der Waals surface area contributed by atoms with Gasteiger partial charge in [0.25, 0.3) is 0 Å². The van der Waals surface area contributed by atoms with E-state index in [0.29, 0.717) is 13.0 Å². The average molecular weight is 257 g/mol. The van der Waals surface area contributed by atoms with Crippen molar-refractivity contribution in [2.75, 3.05) is 13.6 Å². The molecule has 5 heteroatoms. The molecule has 1 fully saturated rings. The molecule has 1 aliphatic heterocycles. The molecule has 1 N–H and O–H groups in total. The summed E-state index contributed by atoms with van der Waals surface area (Å²) in [6.07, 6.45) is 0.620. The second-order valence-electron chi connectivity index (χ2n) is 5.19. The molecule has 0 aromatic heterocycles. The molecular formula is C13H23NO4. The number of carboxylic acids is 1. The number of hydrogen-bond donors (Lipinski definition) is 1. The van der Waals surface area contributed by atoms with Gasteiger partial charge < -0.3 is 14.7 Å². The summed E-state index contributed by atoms with van der Waals surface area (Å²) in [7, 11) is 1.73. The zero-order valence-corrected chi connectivity index (χ0v) is 11.5. The summed E-state index contributed by atoms with van der Waals surface area (Å²) in [5, 5.41) is 8.57. The summed E-state index contributed by atoms with van der Waals surface area (Å²) in [6.45, 7) is 6.42. The molecule has 0 spiro atoms. The Morgan fingerprint density at radius 1 is 1.22 bits per heavy atom. The van der Waals surface area contributed by atoms with Crippen LogP contribution in [0, 0.1) is 11.8 Å². The van der Waals surface area contributed by atoms with E-state index in [2.05, 4.69) is 0 Å². The van der Waals surface area contributed by atoms with E-state index in [-0.39, 0.29) is 36.4 Å². The first-order chi connectivity index (χ1) is 8.34. The number of carboxylic acid groups (broad SMARTS) is 1. The minimum Gasteiger partial charge on any atom is -0.481 e. The minimum absolute atomic E-state index is 0.0599. The quantitative estimate of drug-likeness (QED) is 0.807. The van der Waals surface area contributed by atoms with Crippen molar-refractivity contribution in [2.45, 2.75) is 45.8 Å². The van der Waals surface area contributed by atoms with E-state index < -0.39 is 5.97 Å². The summed E-state index contributed by atoms with van der Waals surface area (Å²) in [6, 6.07) is 0. The molecule has 1 saturated heterocycles. The van der Waals surface area contributed by atoms with Crippen molar-refractivity contribution in [1.82, 2.24) is 4.90 Å². The van der Waals surface area contributed by atoms with E-state index in [1.54, 1.807) is 11.9 Å². The Labute approximate surface area is 108 Å². The van der Waals surface area contributed by atoms with Gasteiger partial charge in [-0.15, -0.1) is 0 Å². The molecule has 1 heterocycles. The third kappa shape index (κ3) is 3.45. The van der Waals surface area contributed by atoms with Crippen LogP contribution in [-0.4, -0.2) is 47.7 Å². The highest BCUT2D eigenvalue weighted by Gasteiger charge is 2.42. The standard InChI is InChI=1S/C13H23NO4/c1-8-9(2)18-10(3)12(8)13(17)14(4)7-5-6-11(15)16/h8-10,12H,5-7H2,1-4H3,(H,15,16). The average Bonchev–Trinajstić information content (AvgIpc) is 2.51. The molecule has 104 valence electrons. The Hall–Kier alpha value is -1.10. The van der Waals surface area contributed by atoms with Gasteiger partial charge in [0, 0.05) is 20.0 Å². The number of nitrogens with zero attached hydrogens (tertiary/aromatic N) is 1. The van der Waals surface area contributed by atoms with Crippen molar-refractivity contribution in [1.29, 1.82) is 0 Å². The van der Waals surface area contributed by atoms with Gasteiger partial charge in [0.2, 0.25) is 5.91 Å². The van der Waals surface area contributed by atoms with Crippen molar-refractivity contribution in [3.63, 3.8) is 0 Å². The fourth-order valence-corrected chi connectivity index (χ4v) is 2.52. The number of ether oxygens (including phenoxy) is 1. The van der Waals surface area contributed by atoms with Crippen LogP contribution in [0.3, 0.4) is 0 Å². The lowest BCUT2D eigenvalue weighted by Gasteiger charge is -2.24. The molecule has 0 aliphatic carbocycles. The normalized spacial score (nSPS) is 31.3. The van der Waals surface area contributed by atoms with Gasteiger partial charge in [-0.05, 0) is 26.2 Å². The first-order valence-electron chi connectivity index (χ1n) is 6.46. The second-order valence-corrected chi connectivity index (χ2v) is 5.19. The fraction of sp³-hybridized carbons (Fsp3) is 0.846. The SMILES string of the molecule is CC1OC(C)C(C(=O)N(C)CCCC(=O)O)C1C. The van der Waals surface area contributed by atoms with Crippen LogP contribution in [-0.2, 0) is 14.3 Å². The smallest absolute Gasteiger partial charge is 0.303 e. The maximum atomic E-state index is 12.3. The first kappa shape index (κ1) is 15.0. The van der Waals surface area contributed by atoms with Crippen molar-refractivity contribution >= 4 is 11.9 Å². The minimum atomic E-state index is -0.824. The largest absolute Gasteiger partial charge is 0.481 e. The Morgan fingerprint density at radius 3 is 2.28 bits per heavy atom. The highest BCUT2D eigenvalue weighted by molar-refractivity contribution is 5.80. The molecular weight excluding hydrogens is 234 g/mol. The summed E-state index contributed by atoms with van der Waals surface area (Å²) in [4.78, 5) is 24.3. The van der Waals surface area contributed by atoms with E-state index in [0.717, 1.165) is 0 Å². The number of amides is 1. The van der Waals surface area contributed by atoms with Gasteiger partial charge >= 0.3 is 5.97 Å². The third-order valence-electron chi connectivity index (χ3n) is 3.79. The van der Waals surface area contributed by atoms with Gasteiger partial charge in [-0.25, -0.2) is 0 Å². The summed E-state index contributed by atoms with van der Waals surface area (Å²) < 4.78 is 5.66. The predicted octanol–water partition coefficient (Wildman–Crippen LogP) is 1.37. The summed E-state index contributed by atoms with van der Waals surface area (Å²) >= 11 is 0. The van der Waals surface area contributed by atoms with Crippen LogP contribution in [0.1, 0.15) is 33.6 Å². The molecule has 0 aromatic carbocycles. The lowest BCUT2D eigenvalue weighted by atomic mass is 9.88. The lowest BCUT2D eigenvalue weighted by molar-refractivity contribution is -0.139. The second kappa shape index (κ2) is 6.18. The molecule has 18 heavy (non-hydrogen) atoms. The van der Waals surface area contributed by atoms with Crippen LogP contribution in [0.15, 0.2) is 0 Å². The fourth-order valence-electron chi connectivity index (χ4n) is 2.52. The summed E-state index contributed by atoms with van der Waals surface area (Å²) in [5.74, 6) is -0.676. The molecule has 1 amide bonds. The molecule has 4 atom stereocenters. The van der Waals surface area contributed by atoms with Crippen molar-refractivity contribution < 1.29 is 19.4 Å². The topological polar surface area (TPSA) is 66.8 Å². The van der Waals surface area contributed by atoms with Crippen LogP contribution in [0.25, 0.3) is 0 Å². The van der Waals surface area contributed by atoms with E-state index in [9.17, 15) is 9.59 Å². The van der Waals surface area contributed by atoms with Gasteiger partial charge in [0.15, 0.2) is 0 Å². The van der Waals surface area contributed by atoms with Gasteiger partial charge in [-0.1, -0.05) is 6.92 Å². The molecule has 0 aromatic rings. The van der Waals surface area contributed by atoms with Gasteiger partial charge in [0.1, 0.15) is 0 Å². The molecule has 0 saturated carbocycles. The number of hydrogen-bond acceptors (Lipinski definition) is 3. The highest BCUT2D eigenvalue weighted by Crippen LogP contribution is 2.33. The molecule has 1 rings (SSSR count). The van der Waals surface area contributed by atoms with Crippen molar-refractivity contribution in [2.24, 2.45) is 11.8 Å². The van der Waals surface area contributed by atoms with E-state index in [1.807, 2.05) is 20.8 Å². The van der Waals surface area contributed by atoms with Crippen LogP contribution in [0.4, 0.5) is 0 Å². The van der Waals surface area contributed by atoms with E-state index >= 15 is 0 Å². The molecule has 0 bridgehead atoms.